The Balaban J connectivity index is 1.46. The number of nitrogens with one attached hydrogen (secondary N) is 1. The van der Waals surface area contributed by atoms with Crippen molar-refractivity contribution >= 4 is 35.0 Å². The molecule has 0 bridgehead atoms. The predicted molar refractivity (Wildman–Crippen MR) is 156 cm³/mol. The predicted octanol–water partition coefficient (Wildman–Crippen LogP) is 5.07. The van der Waals surface area contributed by atoms with Gasteiger partial charge in [0, 0.05) is 48.2 Å². The van der Waals surface area contributed by atoms with E-state index in [1.807, 2.05) is 47.9 Å². The highest BCUT2D eigenvalue weighted by molar-refractivity contribution is 6.40. The summed E-state index contributed by atoms with van der Waals surface area (Å²) < 4.78 is 0. The quantitative estimate of drug-likeness (QED) is 0.482. The molecule has 3 aliphatic rings. The molecule has 4 atom stereocenters. The molecule has 2 amide bonds. The van der Waals surface area contributed by atoms with Crippen molar-refractivity contribution in [2.45, 2.75) is 71.0 Å². The van der Waals surface area contributed by atoms with Gasteiger partial charge >= 0.3 is 0 Å². The molecule has 1 aliphatic carbocycles. The van der Waals surface area contributed by atoms with Gasteiger partial charge in [0.1, 0.15) is 0 Å². The van der Waals surface area contributed by atoms with E-state index in [2.05, 4.69) is 30.3 Å². The highest BCUT2D eigenvalue weighted by Gasteiger charge is 2.38. The number of rotatable bonds is 8. The van der Waals surface area contributed by atoms with Crippen LogP contribution >= 0.6 is 23.2 Å². The normalized spacial score (nSPS) is 25.3. The van der Waals surface area contributed by atoms with Crippen LogP contribution in [0.2, 0.25) is 0 Å². The maximum Gasteiger partial charge on any atom is 0.254 e. The molecule has 8 heteroatoms. The van der Waals surface area contributed by atoms with E-state index in [1.165, 1.54) is 12.8 Å². The van der Waals surface area contributed by atoms with E-state index in [0.29, 0.717) is 60.3 Å². The fraction of sp³-hybridized carbons (Fsp3) is 0.600. The summed E-state index contributed by atoms with van der Waals surface area (Å²) >= 11 is 12.7. The summed E-state index contributed by atoms with van der Waals surface area (Å²) in [6.07, 6.45) is 8.97. The van der Waals surface area contributed by atoms with E-state index >= 15 is 0 Å². The number of piperazine rings is 1. The molecule has 0 aromatic heterocycles. The summed E-state index contributed by atoms with van der Waals surface area (Å²) in [5, 5.41) is 4.70. The summed E-state index contributed by atoms with van der Waals surface area (Å²) in [5.74, 6) is 0.0908. The first kappa shape index (κ1) is 29.1. The number of likely N-dealkylation sites (tertiary alicyclic amines) is 1. The molecule has 4 rings (SSSR count). The van der Waals surface area contributed by atoms with E-state index in [4.69, 9.17) is 23.2 Å². The lowest BCUT2D eigenvalue weighted by atomic mass is 9.89. The van der Waals surface area contributed by atoms with Crippen LogP contribution in [0.25, 0.3) is 0 Å². The van der Waals surface area contributed by atoms with Crippen molar-refractivity contribution in [1.29, 1.82) is 0 Å². The van der Waals surface area contributed by atoms with E-state index in [1.54, 1.807) is 0 Å². The highest BCUT2D eigenvalue weighted by atomic mass is 35.5. The first-order valence-corrected chi connectivity index (χ1v) is 14.7. The van der Waals surface area contributed by atoms with E-state index < -0.39 is 0 Å². The minimum Gasteiger partial charge on any atom is -0.335 e. The fourth-order valence-electron chi connectivity index (χ4n) is 6.22. The van der Waals surface area contributed by atoms with Crippen LogP contribution in [-0.4, -0.2) is 84.4 Å². The van der Waals surface area contributed by atoms with Gasteiger partial charge < -0.3 is 20.0 Å². The zero-order valence-electron chi connectivity index (χ0n) is 23.2. The maximum atomic E-state index is 13.6. The van der Waals surface area contributed by atoms with Crippen molar-refractivity contribution in [3.8, 4) is 0 Å². The Morgan fingerprint density at radius 1 is 1.11 bits per heavy atom. The van der Waals surface area contributed by atoms with Crippen molar-refractivity contribution in [3.63, 3.8) is 0 Å². The maximum absolute atomic E-state index is 13.6. The Hall–Kier alpha value is -1.86. The topological polar surface area (TPSA) is 55.9 Å². The summed E-state index contributed by atoms with van der Waals surface area (Å²) in [6, 6.07) is 6.69. The largest absolute Gasteiger partial charge is 0.335 e. The van der Waals surface area contributed by atoms with Gasteiger partial charge in [-0.1, -0.05) is 53.4 Å². The zero-order chi connectivity index (χ0) is 27.4. The van der Waals surface area contributed by atoms with E-state index in [-0.39, 0.29) is 23.8 Å². The Morgan fingerprint density at radius 2 is 1.84 bits per heavy atom. The molecule has 38 heavy (non-hydrogen) atoms. The molecule has 2 heterocycles. The van der Waals surface area contributed by atoms with Crippen LogP contribution in [-0.2, 0) is 4.79 Å². The van der Waals surface area contributed by atoms with Gasteiger partial charge in [0.15, 0.2) is 0 Å². The lowest BCUT2D eigenvalue weighted by Gasteiger charge is -2.45. The minimum absolute atomic E-state index is 0.00194. The average molecular weight is 562 g/mol. The lowest BCUT2D eigenvalue weighted by molar-refractivity contribution is -0.136. The van der Waals surface area contributed by atoms with Gasteiger partial charge in [-0.25, -0.2) is 0 Å². The van der Waals surface area contributed by atoms with E-state index in [0.717, 1.165) is 30.5 Å². The lowest BCUT2D eigenvalue weighted by Crippen LogP contribution is -2.60. The monoisotopic (exact) mass is 560 g/mol. The average Bonchev–Trinajstić information content (AvgIpc) is 3.30. The Morgan fingerprint density at radius 3 is 2.47 bits per heavy atom. The van der Waals surface area contributed by atoms with Crippen LogP contribution < -0.4 is 5.32 Å². The van der Waals surface area contributed by atoms with Crippen LogP contribution in [0.3, 0.4) is 0 Å². The second kappa shape index (κ2) is 13.0. The molecule has 2 saturated heterocycles. The van der Waals surface area contributed by atoms with E-state index in [9.17, 15) is 9.59 Å². The standard InChI is InChI=1S/C30H42Cl2N4O2/c1-5-24(17-25-7-6-10-34(25)4)33-18-29(37)36-12-11-35(30(38)23-14-20(2)13-21(3)15-23)19-28(36)22-8-9-26(31)27(32)16-22/h8-9,13-15,22,24-25,28,33H,5-7,10-12,16-19H2,1-4H3/t22?,24?,25?,28-/m0/s1. The van der Waals surface area contributed by atoms with Crippen molar-refractivity contribution in [2.24, 2.45) is 5.92 Å². The number of halogens is 2. The molecule has 1 N–H and O–H groups in total. The van der Waals surface area contributed by atoms with Crippen LogP contribution in [0, 0.1) is 19.8 Å². The molecule has 0 radical (unpaired) electrons. The third-order valence-electron chi connectivity index (χ3n) is 8.42. The number of nitrogens with zero attached hydrogens (tertiary/aromatic N) is 3. The summed E-state index contributed by atoms with van der Waals surface area (Å²) in [4.78, 5) is 33.4. The molecule has 2 fully saturated rings. The smallest absolute Gasteiger partial charge is 0.254 e. The summed E-state index contributed by atoms with van der Waals surface area (Å²) in [5.41, 5.74) is 2.84. The molecule has 0 spiro atoms. The number of amides is 2. The number of hydrogen-bond acceptors (Lipinski definition) is 4. The minimum atomic E-state index is -0.163. The third-order valence-corrected chi connectivity index (χ3v) is 9.22. The second-order valence-electron chi connectivity index (χ2n) is 11.3. The van der Waals surface area contributed by atoms with Gasteiger partial charge in [-0.3, -0.25) is 9.59 Å². The van der Waals surface area contributed by atoms with Crippen LogP contribution in [0.15, 0.2) is 40.4 Å². The van der Waals surface area contributed by atoms with Gasteiger partial charge in [-0.2, -0.15) is 0 Å². The molecule has 2 aliphatic heterocycles. The SMILES string of the molecule is CCC(CC1CCCN1C)NCC(=O)N1CCN(C(=O)c2cc(C)cc(C)c2)C[C@H]1C1C=CC(Cl)=C(Cl)C1. The molecular formula is C30H42Cl2N4O2. The Labute approximate surface area is 238 Å². The van der Waals surface area contributed by atoms with Crippen molar-refractivity contribution in [2.75, 3.05) is 39.8 Å². The van der Waals surface area contributed by atoms with Gasteiger partial charge in [0.2, 0.25) is 5.91 Å². The Kier molecular flexibility index (Phi) is 9.96. The van der Waals surface area contributed by atoms with Crippen LogP contribution in [0.4, 0.5) is 0 Å². The fourth-order valence-corrected chi connectivity index (χ4v) is 6.61. The van der Waals surface area contributed by atoms with Crippen LogP contribution in [0.5, 0.6) is 0 Å². The molecule has 0 saturated carbocycles. The Bertz CT molecular complexity index is 1070. The van der Waals surface area contributed by atoms with Gasteiger partial charge in [-0.05, 0) is 77.8 Å². The second-order valence-corrected chi connectivity index (χ2v) is 12.1. The number of benzene rings is 1. The van der Waals surface area contributed by atoms with Gasteiger partial charge in [-0.15, -0.1) is 0 Å². The number of allylic oxidation sites excluding steroid dienone is 3. The van der Waals surface area contributed by atoms with Crippen molar-refractivity contribution in [1.82, 2.24) is 20.0 Å². The third kappa shape index (κ3) is 7.01. The van der Waals surface area contributed by atoms with Crippen molar-refractivity contribution < 1.29 is 9.59 Å². The summed E-state index contributed by atoms with van der Waals surface area (Å²) in [6.45, 7) is 9.15. The molecule has 208 valence electrons. The zero-order valence-corrected chi connectivity index (χ0v) is 24.7. The first-order valence-electron chi connectivity index (χ1n) is 14.0. The van der Waals surface area contributed by atoms with Gasteiger partial charge in [0.05, 0.1) is 17.6 Å². The van der Waals surface area contributed by atoms with Crippen LogP contribution in [0.1, 0.15) is 60.5 Å². The molecule has 1 aromatic carbocycles. The van der Waals surface area contributed by atoms with Crippen molar-refractivity contribution in [3.05, 3.63) is 57.1 Å². The number of aryl methyl sites for hydroxylation is 2. The molecule has 3 unspecified atom stereocenters. The summed E-state index contributed by atoms with van der Waals surface area (Å²) in [7, 11) is 2.20. The molecular weight excluding hydrogens is 519 g/mol. The number of carbonyl (C=O) groups is 2. The number of hydrogen-bond donors (Lipinski definition) is 1. The number of carbonyl (C=O) groups excluding carboxylic acids is 2. The highest BCUT2D eigenvalue weighted by Crippen LogP contribution is 2.34. The first-order chi connectivity index (χ1) is 18.2. The molecule has 1 aromatic rings. The molecule has 6 nitrogen and oxygen atoms in total. The van der Waals surface area contributed by atoms with Gasteiger partial charge in [0.25, 0.3) is 5.91 Å².